The average molecular weight is 196 g/mol. The highest BCUT2D eigenvalue weighted by atomic mass is 35.5. The van der Waals surface area contributed by atoms with Crippen LogP contribution in [0.15, 0.2) is 30.9 Å². The van der Waals surface area contributed by atoms with Crippen molar-refractivity contribution < 1.29 is 4.79 Å². The number of halogens is 1. The number of nitrogens with one attached hydrogen (secondary N) is 1. The SMILES string of the molecule is C=CC(=O)Nc1ccc(C)c(Cl)c1. The zero-order chi connectivity index (χ0) is 9.84. The first-order valence-corrected chi connectivity index (χ1v) is 4.21. The number of carbonyl (C=O) groups is 1. The van der Waals surface area contributed by atoms with Crippen molar-refractivity contribution in [3.05, 3.63) is 41.4 Å². The quantitative estimate of drug-likeness (QED) is 0.723. The maximum Gasteiger partial charge on any atom is 0.247 e. The van der Waals surface area contributed by atoms with Crippen molar-refractivity contribution in [3.63, 3.8) is 0 Å². The van der Waals surface area contributed by atoms with Gasteiger partial charge in [0.25, 0.3) is 0 Å². The van der Waals surface area contributed by atoms with E-state index >= 15 is 0 Å². The van der Waals surface area contributed by atoms with Crippen LogP contribution in [0.2, 0.25) is 5.02 Å². The van der Waals surface area contributed by atoms with E-state index in [-0.39, 0.29) is 5.91 Å². The molecule has 0 bridgehead atoms. The van der Waals surface area contributed by atoms with Crippen molar-refractivity contribution in [2.75, 3.05) is 5.32 Å². The topological polar surface area (TPSA) is 29.1 Å². The summed E-state index contributed by atoms with van der Waals surface area (Å²) in [6.45, 7) is 5.26. The van der Waals surface area contributed by atoms with Crippen LogP contribution in [-0.4, -0.2) is 5.91 Å². The second kappa shape index (κ2) is 4.10. The van der Waals surface area contributed by atoms with E-state index in [1.165, 1.54) is 6.08 Å². The van der Waals surface area contributed by atoms with E-state index in [1.807, 2.05) is 13.0 Å². The Labute approximate surface area is 82.2 Å². The lowest BCUT2D eigenvalue weighted by atomic mass is 10.2. The first-order valence-electron chi connectivity index (χ1n) is 3.83. The highest BCUT2D eigenvalue weighted by Gasteiger charge is 1.99. The Morgan fingerprint density at radius 2 is 2.31 bits per heavy atom. The normalized spacial score (nSPS) is 9.38. The van der Waals surface area contributed by atoms with Gasteiger partial charge < -0.3 is 5.32 Å². The fourth-order valence-corrected chi connectivity index (χ4v) is 1.04. The molecule has 3 heteroatoms. The number of aryl methyl sites for hydroxylation is 1. The molecule has 0 saturated carbocycles. The van der Waals surface area contributed by atoms with Crippen LogP contribution in [0.3, 0.4) is 0 Å². The van der Waals surface area contributed by atoms with Gasteiger partial charge in [-0.05, 0) is 30.7 Å². The number of rotatable bonds is 2. The molecule has 0 fully saturated rings. The Morgan fingerprint density at radius 1 is 1.62 bits per heavy atom. The van der Waals surface area contributed by atoms with Crippen molar-refractivity contribution in [3.8, 4) is 0 Å². The Kier molecular flexibility index (Phi) is 3.09. The van der Waals surface area contributed by atoms with Gasteiger partial charge in [-0.3, -0.25) is 4.79 Å². The van der Waals surface area contributed by atoms with Crippen LogP contribution in [0, 0.1) is 6.92 Å². The first kappa shape index (κ1) is 9.81. The van der Waals surface area contributed by atoms with Crippen LogP contribution in [0.1, 0.15) is 5.56 Å². The third kappa shape index (κ3) is 2.60. The van der Waals surface area contributed by atoms with Gasteiger partial charge in [0.2, 0.25) is 5.91 Å². The van der Waals surface area contributed by atoms with Crippen LogP contribution in [0.5, 0.6) is 0 Å². The van der Waals surface area contributed by atoms with Gasteiger partial charge in [0, 0.05) is 10.7 Å². The van der Waals surface area contributed by atoms with E-state index in [0.717, 1.165) is 5.56 Å². The van der Waals surface area contributed by atoms with Crippen LogP contribution in [0.4, 0.5) is 5.69 Å². The fourth-order valence-electron chi connectivity index (χ4n) is 0.864. The molecule has 0 aromatic heterocycles. The molecule has 1 aromatic rings. The maximum absolute atomic E-state index is 10.9. The smallest absolute Gasteiger partial charge is 0.247 e. The summed E-state index contributed by atoms with van der Waals surface area (Å²) in [5.41, 5.74) is 1.67. The van der Waals surface area contributed by atoms with Gasteiger partial charge in [-0.25, -0.2) is 0 Å². The highest BCUT2D eigenvalue weighted by Crippen LogP contribution is 2.19. The largest absolute Gasteiger partial charge is 0.322 e. The summed E-state index contributed by atoms with van der Waals surface area (Å²) in [6.07, 6.45) is 1.22. The summed E-state index contributed by atoms with van der Waals surface area (Å²) in [7, 11) is 0. The number of anilines is 1. The maximum atomic E-state index is 10.9. The second-order valence-electron chi connectivity index (χ2n) is 2.66. The third-order valence-corrected chi connectivity index (χ3v) is 2.03. The Balaban J connectivity index is 2.85. The van der Waals surface area contributed by atoms with E-state index in [9.17, 15) is 4.79 Å². The van der Waals surface area contributed by atoms with Crippen molar-refractivity contribution in [1.82, 2.24) is 0 Å². The minimum atomic E-state index is -0.236. The summed E-state index contributed by atoms with van der Waals surface area (Å²) >= 11 is 5.86. The molecule has 0 radical (unpaired) electrons. The molecule has 0 atom stereocenters. The van der Waals surface area contributed by atoms with Gasteiger partial charge in [0.1, 0.15) is 0 Å². The second-order valence-corrected chi connectivity index (χ2v) is 3.06. The van der Waals surface area contributed by atoms with E-state index in [0.29, 0.717) is 10.7 Å². The summed E-state index contributed by atoms with van der Waals surface area (Å²) in [5, 5.41) is 3.26. The van der Waals surface area contributed by atoms with Gasteiger partial charge in [-0.1, -0.05) is 24.2 Å². The molecule has 0 saturated heterocycles. The standard InChI is InChI=1S/C10H10ClNO/c1-3-10(13)12-8-5-4-7(2)9(11)6-8/h3-6H,1H2,2H3,(H,12,13). The predicted octanol–water partition coefficient (Wildman–Crippen LogP) is 2.77. The molecule has 0 aliphatic rings. The minimum absolute atomic E-state index is 0.236. The number of hydrogen-bond donors (Lipinski definition) is 1. The summed E-state index contributed by atoms with van der Waals surface area (Å²) < 4.78 is 0. The van der Waals surface area contributed by atoms with Crippen molar-refractivity contribution in [2.45, 2.75) is 6.92 Å². The summed E-state index contributed by atoms with van der Waals surface area (Å²) in [5.74, 6) is -0.236. The number of carbonyl (C=O) groups excluding carboxylic acids is 1. The van der Waals surface area contributed by atoms with Crippen LogP contribution in [0.25, 0.3) is 0 Å². The first-order chi connectivity index (χ1) is 6.13. The highest BCUT2D eigenvalue weighted by molar-refractivity contribution is 6.31. The molecular formula is C10H10ClNO. The Morgan fingerprint density at radius 3 is 2.85 bits per heavy atom. The predicted molar refractivity (Wildman–Crippen MR) is 55.0 cm³/mol. The molecule has 13 heavy (non-hydrogen) atoms. The molecule has 0 aliphatic heterocycles. The third-order valence-electron chi connectivity index (χ3n) is 1.62. The molecule has 1 aromatic carbocycles. The minimum Gasteiger partial charge on any atom is -0.322 e. The molecule has 1 amide bonds. The van der Waals surface area contributed by atoms with Crippen LogP contribution >= 0.6 is 11.6 Å². The van der Waals surface area contributed by atoms with Crippen molar-refractivity contribution >= 4 is 23.2 Å². The van der Waals surface area contributed by atoms with Crippen LogP contribution < -0.4 is 5.32 Å². The molecule has 0 unspecified atom stereocenters. The van der Waals surface area contributed by atoms with Gasteiger partial charge in [-0.15, -0.1) is 0 Å². The van der Waals surface area contributed by atoms with Gasteiger partial charge >= 0.3 is 0 Å². The van der Waals surface area contributed by atoms with Gasteiger partial charge in [-0.2, -0.15) is 0 Å². The van der Waals surface area contributed by atoms with Crippen LogP contribution in [-0.2, 0) is 4.79 Å². The Hall–Kier alpha value is -1.28. The Bertz CT molecular complexity index is 347. The fraction of sp³-hybridized carbons (Fsp3) is 0.100. The van der Waals surface area contributed by atoms with Gasteiger partial charge in [0.05, 0.1) is 0 Å². The number of benzene rings is 1. The molecule has 1 N–H and O–H groups in total. The molecule has 68 valence electrons. The van der Waals surface area contributed by atoms with Crippen molar-refractivity contribution in [1.29, 1.82) is 0 Å². The molecule has 2 nitrogen and oxygen atoms in total. The van der Waals surface area contributed by atoms with E-state index in [1.54, 1.807) is 12.1 Å². The monoisotopic (exact) mass is 195 g/mol. The molecule has 0 aliphatic carbocycles. The lowest BCUT2D eigenvalue weighted by molar-refractivity contribution is -0.111. The zero-order valence-electron chi connectivity index (χ0n) is 7.30. The molecule has 0 spiro atoms. The van der Waals surface area contributed by atoms with E-state index < -0.39 is 0 Å². The van der Waals surface area contributed by atoms with E-state index in [2.05, 4.69) is 11.9 Å². The van der Waals surface area contributed by atoms with Crippen molar-refractivity contribution in [2.24, 2.45) is 0 Å². The molecule has 0 heterocycles. The number of amides is 1. The lowest BCUT2D eigenvalue weighted by Crippen LogP contribution is -2.06. The van der Waals surface area contributed by atoms with E-state index in [4.69, 9.17) is 11.6 Å². The number of hydrogen-bond acceptors (Lipinski definition) is 1. The average Bonchev–Trinajstić information content (AvgIpc) is 2.11. The molecular weight excluding hydrogens is 186 g/mol. The molecule has 1 rings (SSSR count). The summed E-state index contributed by atoms with van der Waals surface area (Å²) in [4.78, 5) is 10.9. The zero-order valence-corrected chi connectivity index (χ0v) is 8.06. The van der Waals surface area contributed by atoms with Gasteiger partial charge in [0.15, 0.2) is 0 Å². The summed E-state index contributed by atoms with van der Waals surface area (Å²) in [6, 6.07) is 5.35. The lowest BCUT2D eigenvalue weighted by Gasteiger charge is -2.03.